The average molecular weight is 635 g/mol. The van der Waals surface area contributed by atoms with Gasteiger partial charge in [-0.25, -0.2) is 4.39 Å². The SMILES string of the molecule is COc1cc2c(Oc3ccc(NC(=S)N/N=C/c4ccccc4[N+](=O)[O-])cc3F)ccnc2cc1OCCCN1CCOCC1. The lowest BCUT2D eigenvalue weighted by atomic mass is 10.1. The Bertz CT molecular complexity index is 1700. The highest BCUT2D eigenvalue weighted by Crippen LogP contribution is 2.38. The number of rotatable bonds is 12. The third-order valence-electron chi connectivity index (χ3n) is 6.88. The monoisotopic (exact) mass is 634 g/mol. The van der Waals surface area contributed by atoms with Crippen LogP contribution in [-0.4, -0.2) is 72.7 Å². The summed E-state index contributed by atoms with van der Waals surface area (Å²) in [4.78, 5) is 17.4. The molecule has 234 valence electrons. The molecule has 5 rings (SSSR count). The number of halogens is 1. The Balaban J connectivity index is 1.21. The third kappa shape index (κ3) is 8.38. The topological polar surface area (TPSA) is 133 Å². The Morgan fingerprint density at radius 1 is 1.13 bits per heavy atom. The van der Waals surface area contributed by atoms with Crippen molar-refractivity contribution in [3.63, 3.8) is 0 Å². The van der Waals surface area contributed by atoms with Crippen LogP contribution in [-0.2, 0) is 4.74 Å². The molecule has 1 aliphatic rings. The van der Waals surface area contributed by atoms with E-state index in [4.69, 9.17) is 31.2 Å². The number of nitro groups is 1. The van der Waals surface area contributed by atoms with Gasteiger partial charge in [-0.05, 0) is 49.0 Å². The van der Waals surface area contributed by atoms with E-state index in [1.165, 1.54) is 24.4 Å². The zero-order valence-corrected chi connectivity index (χ0v) is 25.2. The van der Waals surface area contributed by atoms with Gasteiger partial charge in [-0.2, -0.15) is 5.10 Å². The fourth-order valence-corrected chi connectivity index (χ4v) is 4.82. The molecule has 0 aliphatic carbocycles. The van der Waals surface area contributed by atoms with Gasteiger partial charge in [-0.1, -0.05) is 12.1 Å². The smallest absolute Gasteiger partial charge is 0.278 e. The number of anilines is 1. The number of nitrogens with one attached hydrogen (secondary N) is 2. The minimum atomic E-state index is -0.636. The first-order chi connectivity index (χ1) is 21.9. The number of nitro benzene ring substituents is 1. The van der Waals surface area contributed by atoms with Crippen LogP contribution in [0.25, 0.3) is 10.9 Å². The Morgan fingerprint density at radius 2 is 1.96 bits per heavy atom. The van der Waals surface area contributed by atoms with E-state index in [0.717, 1.165) is 39.3 Å². The number of hydrogen-bond donors (Lipinski definition) is 2. The molecule has 2 heterocycles. The van der Waals surface area contributed by atoms with Crippen LogP contribution in [0.15, 0.2) is 72.0 Å². The summed E-state index contributed by atoms with van der Waals surface area (Å²) in [5, 5.41) is 18.6. The van der Waals surface area contributed by atoms with Crippen LogP contribution in [0.2, 0.25) is 0 Å². The van der Waals surface area contributed by atoms with Crippen molar-refractivity contribution in [3.8, 4) is 23.0 Å². The second-order valence-electron chi connectivity index (χ2n) is 9.87. The largest absolute Gasteiger partial charge is 0.493 e. The van der Waals surface area contributed by atoms with Gasteiger partial charge in [0.05, 0.1) is 49.1 Å². The van der Waals surface area contributed by atoms with Gasteiger partial charge in [0.15, 0.2) is 28.2 Å². The van der Waals surface area contributed by atoms with E-state index in [1.54, 1.807) is 55.8 Å². The van der Waals surface area contributed by atoms with Gasteiger partial charge in [0.25, 0.3) is 5.69 Å². The number of nitrogens with zero attached hydrogens (tertiary/aromatic N) is 4. The van der Waals surface area contributed by atoms with Crippen LogP contribution >= 0.6 is 12.2 Å². The normalized spacial score (nSPS) is 13.5. The maximum Gasteiger partial charge on any atom is 0.278 e. The quantitative estimate of drug-likeness (QED) is 0.0673. The van der Waals surface area contributed by atoms with Crippen molar-refractivity contribution in [2.24, 2.45) is 5.10 Å². The number of morpholine rings is 1. The average Bonchev–Trinajstić information content (AvgIpc) is 3.04. The molecule has 0 amide bonds. The van der Waals surface area contributed by atoms with Crippen molar-refractivity contribution < 1.29 is 28.3 Å². The fraction of sp³-hybridized carbons (Fsp3) is 0.258. The molecule has 0 unspecified atom stereocenters. The molecule has 1 aliphatic heterocycles. The predicted octanol–water partition coefficient (Wildman–Crippen LogP) is 5.50. The van der Waals surface area contributed by atoms with E-state index in [0.29, 0.717) is 46.0 Å². The van der Waals surface area contributed by atoms with Gasteiger partial charge >= 0.3 is 0 Å². The molecule has 0 radical (unpaired) electrons. The van der Waals surface area contributed by atoms with Gasteiger partial charge in [0.2, 0.25) is 0 Å². The zero-order chi connectivity index (χ0) is 31.6. The van der Waals surface area contributed by atoms with Crippen LogP contribution in [0, 0.1) is 15.9 Å². The molecular weight excluding hydrogens is 603 g/mol. The Labute approximate surface area is 263 Å². The van der Waals surface area contributed by atoms with Crippen LogP contribution in [0.1, 0.15) is 12.0 Å². The lowest BCUT2D eigenvalue weighted by Crippen LogP contribution is -2.37. The molecule has 12 nitrogen and oxygen atoms in total. The summed E-state index contributed by atoms with van der Waals surface area (Å²) < 4.78 is 38.1. The fourth-order valence-electron chi connectivity index (χ4n) is 4.65. The van der Waals surface area contributed by atoms with Crippen molar-refractivity contribution in [3.05, 3.63) is 88.4 Å². The van der Waals surface area contributed by atoms with Crippen LogP contribution < -0.4 is 25.0 Å². The van der Waals surface area contributed by atoms with Crippen LogP contribution in [0.3, 0.4) is 0 Å². The number of hydrazone groups is 1. The molecule has 1 fully saturated rings. The highest BCUT2D eigenvalue weighted by molar-refractivity contribution is 7.80. The molecule has 45 heavy (non-hydrogen) atoms. The van der Waals surface area contributed by atoms with Gasteiger partial charge in [-0.3, -0.25) is 25.4 Å². The van der Waals surface area contributed by atoms with Crippen molar-refractivity contribution in [1.82, 2.24) is 15.3 Å². The minimum Gasteiger partial charge on any atom is -0.493 e. The second-order valence-corrected chi connectivity index (χ2v) is 10.3. The summed E-state index contributed by atoms with van der Waals surface area (Å²) in [5.41, 5.74) is 3.72. The van der Waals surface area contributed by atoms with E-state index in [2.05, 4.69) is 25.7 Å². The summed E-state index contributed by atoms with van der Waals surface area (Å²) in [7, 11) is 1.56. The Kier molecular flexibility index (Phi) is 10.6. The number of pyridine rings is 1. The number of methoxy groups -OCH3 is 1. The maximum absolute atomic E-state index is 15.1. The molecule has 14 heteroatoms. The van der Waals surface area contributed by atoms with Crippen molar-refractivity contribution >= 4 is 45.8 Å². The van der Waals surface area contributed by atoms with Crippen molar-refractivity contribution in [1.29, 1.82) is 0 Å². The summed E-state index contributed by atoms with van der Waals surface area (Å²) >= 11 is 5.21. The van der Waals surface area contributed by atoms with E-state index in [-0.39, 0.29) is 16.5 Å². The van der Waals surface area contributed by atoms with Gasteiger partial charge < -0.3 is 24.3 Å². The molecule has 0 saturated carbocycles. The number of hydrogen-bond acceptors (Lipinski definition) is 10. The summed E-state index contributed by atoms with van der Waals surface area (Å²) in [5.74, 6) is 0.817. The number of fused-ring (bicyclic) bond motifs is 1. The summed E-state index contributed by atoms with van der Waals surface area (Å²) in [6.45, 7) is 4.81. The molecule has 1 aromatic heterocycles. The first kappa shape index (κ1) is 31.5. The van der Waals surface area contributed by atoms with Gasteiger partial charge in [0.1, 0.15) is 5.75 Å². The molecule has 0 bridgehead atoms. The van der Waals surface area contributed by atoms with Crippen LogP contribution in [0.5, 0.6) is 23.0 Å². The predicted molar refractivity (Wildman–Crippen MR) is 172 cm³/mol. The second kappa shape index (κ2) is 15.2. The van der Waals surface area contributed by atoms with E-state index < -0.39 is 10.7 Å². The molecule has 0 atom stereocenters. The standard InChI is InChI=1S/C31H31FN6O6S/c1-41-29-18-23-25(19-30(29)43-14-4-11-37-12-15-42-16-13-37)33-10-9-27(23)44-28-8-7-22(17-24(28)32)35-31(45)36-34-20-21-5-2-3-6-26(21)38(39)40/h2-3,5-10,17-20H,4,11-16H2,1H3,(H2,35,36,45)/b34-20+. The molecular formula is C31H31FN6O6S. The first-order valence-corrected chi connectivity index (χ1v) is 14.5. The van der Waals surface area contributed by atoms with E-state index >= 15 is 4.39 Å². The Hall–Kier alpha value is -4.92. The Morgan fingerprint density at radius 3 is 2.73 bits per heavy atom. The maximum atomic E-state index is 15.1. The van der Waals surface area contributed by atoms with Crippen molar-refractivity contribution in [2.75, 3.05) is 51.9 Å². The van der Waals surface area contributed by atoms with E-state index in [9.17, 15) is 10.1 Å². The highest BCUT2D eigenvalue weighted by atomic mass is 32.1. The zero-order valence-electron chi connectivity index (χ0n) is 24.4. The lowest BCUT2D eigenvalue weighted by molar-refractivity contribution is -0.385. The first-order valence-electron chi connectivity index (χ1n) is 14.1. The minimum absolute atomic E-state index is 0.0104. The number of para-hydroxylation sites is 1. The summed E-state index contributed by atoms with van der Waals surface area (Å²) in [6.07, 6.45) is 3.71. The number of thiocarbonyl (C=S) groups is 1. The molecule has 0 spiro atoms. The third-order valence-corrected chi connectivity index (χ3v) is 7.07. The van der Waals surface area contributed by atoms with Gasteiger partial charge in [-0.15, -0.1) is 0 Å². The number of aromatic nitrogens is 1. The lowest BCUT2D eigenvalue weighted by Gasteiger charge is -2.26. The molecule has 3 aromatic carbocycles. The molecule has 2 N–H and O–H groups in total. The molecule has 4 aromatic rings. The van der Waals surface area contributed by atoms with Crippen LogP contribution in [0.4, 0.5) is 15.8 Å². The number of ether oxygens (including phenoxy) is 4. The van der Waals surface area contributed by atoms with Crippen molar-refractivity contribution in [2.45, 2.75) is 6.42 Å². The molecule has 1 saturated heterocycles. The highest BCUT2D eigenvalue weighted by Gasteiger charge is 2.15. The van der Waals surface area contributed by atoms with Gasteiger partial charge in [0, 0.05) is 55.1 Å². The summed E-state index contributed by atoms with van der Waals surface area (Å²) in [6, 6.07) is 15.6. The number of benzene rings is 3. The van der Waals surface area contributed by atoms with E-state index in [1.807, 2.05) is 0 Å².